The molecule has 0 aliphatic rings. The standard InChI is InChI=1S/C9H12ClNO2S/c1-2-11(5-6-12)9(13)7-3-4-8(10)14-7/h3-4,12H,2,5-6H2,1H3. The summed E-state index contributed by atoms with van der Waals surface area (Å²) in [5.74, 6) is -0.0709. The average molecular weight is 234 g/mol. The summed E-state index contributed by atoms with van der Waals surface area (Å²) in [4.78, 5) is 13.9. The Morgan fingerprint density at radius 3 is 2.79 bits per heavy atom. The first-order valence-electron chi connectivity index (χ1n) is 4.34. The highest BCUT2D eigenvalue weighted by Gasteiger charge is 2.15. The van der Waals surface area contributed by atoms with Crippen LogP contribution in [0.15, 0.2) is 12.1 Å². The molecule has 0 radical (unpaired) electrons. The van der Waals surface area contributed by atoms with Gasteiger partial charge >= 0.3 is 0 Å². The topological polar surface area (TPSA) is 40.5 Å². The molecule has 78 valence electrons. The van der Waals surface area contributed by atoms with E-state index in [4.69, 9.17) is 16.7 Å². The molecule has 0 saturated carbocycles. The SMILES string of the molecule is CCN(CCO)C(=O)c1ccc(Cl)s1. The number of aliphatic hydroxyl groups excluding tert-OH is 1. The Bertz CT molecular complexity index is 314. The average Bonchev–Trinajstić information content (AvgIpc) is 2.60. The maximum absolute atomic E-state index is 11.7. The van der Waals surface area contributed by atoms with Crippen molar-refractivity contribution >= 4 is 28.8 Å². The molecule has 1 amide bonds. The summed E-state index contributed by atoms with van der Waals surface area (Å²) in [7, 11) is 0. The van der Waals surface area contributed by atoms with Gasteiger partial charge in [0.2, 0.25) is 0 Å². The quantitative estimate of drug-likeness (QED) is 0.863. The van der Waals surface area contributed by atoms with Gasteiger partial charge in [-0.3, -0.25) is 4.79 Å². The fourth-order valence-corrected chi connectivity index (χ4v) is 2.12. The zero-order chi connectivity index (χ0) is 10.6. The van der Waals surface area contributed by atoms with Crippen LogP contribution >= 0.6 is 22.9 Å². The van der Waals surface area contributed by atoms with Crippen LogP contribution in [0.3, 0.4) is 0 Å². The van der Waals surface area contributed by atoms with Crippen LogP contribution in [-0.2, 0) is 0 Å². The predicted octanol–water partition coefficient (Wildman–Crippen LogP) is 1.86. The van der Waals surface area contributed by atoms with Gasteiger partial charge in [-0.2, -0.15) is 0 Å². The molecule has 0 aliphatic carbocycles. The molecule has 1 N–H and O–H groups in total. The van der Waals surface area contributed by atoms with Gasteiger partial charge in [-0.05, 0) is 19.1 Å². The fraction of sp³-hybridized carbons (Fsp3) is 0.444. The normalized spacial score (nSPS) is 10.2. The maximum Gasteiger partial charge on any atom is 0.264 e. The van der Waals surface area contributed by atoms with Crippen LogP contribution in [0, 0.1) is 0 Å². The van der Waals surface area contributed by atoms with E-state index in [1.807, 2.05) is 6.92 Å². The number of amides is 1. The molecule has 0 spiro atoms. The molecule has 0 saturated heterocycles. The van der Waals surface area contributed by atoms with E-state index >= 15 is 0 Å². The van der Waals surface area contributed by atoms with E-state index in [-0.39, 0.29) is 12.5 Å². The lowest BCUT2D eigenvalue weighted by Gasteiger charge is -2.18. The number of halogens is 1. The Hall–Kier alpha value is -0.580. The number of hydrogen-bond acceptors (Lipinski definition) is 3. The number of hydrogen-bond donors (Lipinski definition) is 1. The third-order valence-corrected chi connectivity index (χ3v) is 3.04. The minimum Gasteiger partial charge on any atom is -0.395 e. The molecule has 0 bridgehead atoms. The van der Waals surface area contributed by atoms with Crippen LogP contribution in [0.2, 0.25) is 4.34 Å². The maximum atomic E-state index is 11.7. The molecule has 5 heteroatoms. The van der Waals surface area contributed by atoms with Gasteiger partial charge in [0, 0.05) is 13.1 Å². The van der Waals surface area contributed by atoms with E-state index in [1.54, 1.807) is 17.0 Å². The minimum absolute atomic E-state index is 0.0152. The second-order valence-corrected chi connectivity index (χ2v) is 4.43. The number of aliphatic hydroxyl groups is 1. The zero-order valence-corrected chi connectivity index (χ0v) is 9.44. The smallest absolute Gasteiger partial charge is 0.264 e. The Labute approximate surface area is 91.9 Å². The molecular formula is C9H12ClNO2S. The second kappa shape index (κ2) is 5.34. The molecule has 0 aliphatic heterocycles. The number of carbonyl (C=O) groups is 1. The van der Waals surface area contributed by atoms with Crippen molar-refractivity contribution in [2.75, 3.05) is 19.7 Å². The van der Waals surface area contributed by atoms with Crippen LogP contribution in [0.1, 0.15) is 16.6 Å². The van der Waals surface area contributed by atoms with E-state index in [1.165, 1.54) is 11.3 Å². The van der Waals surface area contributed by atoms with Gasteiger partial charge in [0.1, 0.15) is 0 Å². The van der Waals surface area contributed by atoms with E-state index in [2.05, 4.69) is 0 Å². The summed E-state index contributed by atoms with van der Waals surface area (Å²) in [6, 6.07) is 3.40. The van der Waals surface area contributed by atoms with Crippen LogP contribution in [0.5, 0.6) is 0 Å². The molecule has 0 atom stereocenters. The van der Waals surface area contributed by atoms with E-state index in [0.717, 1.165) is 0 Å². The fourth-order valence-electron chi connectivity index (χ4n) is 1.11. The van der Waals surface area contributed by atoms with Crippen LogP contribution in [-0.4, -0.2) is 35.6 Å². The molecule has 1 heterocycles. The van der Waals surface area contributed by atoms with Crippen molar-refractivity contribution in [2.24, 2.45) is 0 Å². The first kappa shape index (κ1) is 11.5. The minimum atomic E-state index is -0.0709. The van der Waals surface area contributed by atoms with Gasteiger partial charge in [0.25, 0.3) is 5.91 Å². The summed E-state index contributed by atoms with van der Waals surface area (Å²) in [5, 5.41) is 8.75. The summed E-state index contributed by atoms with van der Waals surface area (Å²) in [5.41, 5.74) is 0. The molecule has 14 heavy (non-hydrogen) atoms. The Morgan fingerprint density at radius 1 is 1.64 bits per heavy atom. The van der Waals surface area contributed by atoms with Gasteiger partial charge in [0.05, 0.1) is 15.8 Å². The highest BCUT2D eigenvalue weighted by molar-refractivity contribution is 7.17. The Balaban J connectivity index is 2.72. The predicted molar refractivity (Wildman–Crippen MR) is 58.0 cm³/mol. The van der Waals surface area contributed by atoms with Gasteiger partial charge < -0.3 is 10.0 Å². The molecule has 0 fully saturated rings. The Kier molecular flexibility index (Phi) is 4.38. The molecule has 0 aromatic carbocycles. The summed E-state index contributed by atoms with van der Waals surface area (Å²) >= 11 is 6.99. The molecule has 1 aromatic rings. The van der Waals surface area contributed by atoms with Crippen LogP contribution < -0.4 is 0 Å². The lowest BCUT2D eigenvalue weighted by Crippen LogP contribution is -2.32. The number of rotatable bonds is 4. The summed E-state index contributed by atoms with van der Waals surface area (Å²) in [6.07, 6.45) is 0. The summed E-state index contributed by atoms with van der Waals surface area (Å²) < 4.78 is 0.605. The molecule has 0 unspecified atom stereocenters. The number of carbonyl (C=O) groups excluding carboxylic acids is 1. The van der Waals surface area contributed by atoms with E-state index < -0.39 is 0 Å². The highest BCUT2D eigenvalue weighted by Crippen LogP contribution is 2.22. The number of likely N-dealkylation sites (N-methyl/N-ethyl adjacent to an activating group) is 1. The van der Waals surface area contributed by atoms with Crippen molar-refractivity contribution in [2.45, 2.75) is 6.92 Å². The van der Waals surface area contributed by atoms with Crippen LogP contribution in [0.25, 0.3) is 0 Å². The lowest BCUT2D eigenvalue weighted by atomic mass is 10.4. The van der Waals surface area contributed by atoms with Gasteiger partial charge in [-0.25, -0.2) is 0 Å². The second-order valence-electron chi connectivity index (χ2n) is 2.71. The van der Waals surface area contributed by atoms with E-state index in [9.17, 15) is 4.79 Å². The number of nitrogens with zero attached hydrogens (tertiary/aromatic N) is 1. The molecular weight excluding hydrogens is 222 g/mol. The number of thiophene rings is 1. The van der Waals surface area contributed by atoms with Gasteiger partial charge in [0.15, 0.2) is 0 Å². The van der Waals surface area contributed by atoms with Gasteiger partial charge in [-0.1, -0.05) is 11.6 Å². The summed E-state index contributed by atoms with van der Waals surface area (Å²) in [6.45, 7) is 2.82. The zero-order valence-electron chi connectivity index (χ0n) is 7.86. The Morgan fingerprint density at radius 2 is 2.36 bits per heavy atom. The van der Waals surface area contributed by atoms with Crippen molar-refractivity contribution in [3.63, 3.8) is 0 Å². The lowest BCUT2D eigenvalue weighted by molar-refractivity contribution is 0.0737. The highest BCUT2D eigenvalue weighted by atomic mass is 35.5. The van der Waals surface area contributed by atoms with Gasteiger partial charge in [-0.15, -0.1) is 11.3 Å². The van der Waals surface area contributed by atoms with Crippen molar-refractivity contribution in [1.82, 2.24) is 4.90 Å². The third kappa shape index (κ3) is 2.70. The molecule has 1 aromatic heterocycles. The van der Waals surface area contributed by atoms with E-state index in [0.29, 0.717) is 22.3 Å². The third-order valence-electron chi connectivity index (χ3n) is 1.82. The van der Waals surface area contributed by atoms with Crippen LogP contribution in [0.4, 0.5) is 0 Å². The monoisotopic (exact) mass is 233 g/mol. The van der Waals surface area contributed by atoms with Crippen molar-refractivity contribution in [3.8, 4) is 0 Å². The largest absolute Gasteiger partial charge is 0.395 e. The molecule has 3 nitrogen and oxygen atoms in total. The molecule has 1 rings (SSSR count). The van der Waals surface area contributed by atoms with Crippen molar-refractivity contribution in [1.29, 1.82) is 0 Å². The van der Waals surface area contributed by atoms with Crippen molar-refractivity contribution in [3.05, 3.63) is 21.3 Å². The first-order valence-corrected chi connectivity index (χ1v) is 5.54. The first-order chi connectivity index (χ1) is 6.69. The van der Waals surface area contributed by atoms with Crippen molar-refractivity contribution < 1.29 is 9.90 Å².